The van der Waals surface area contributed by atoms with Crippen LogP contribution in [0, 0.1) is 6.92 Å². The Kier molecular flexibility index (Phi) is 3.70. The van der Waals surface area contributed by atoms with Gasteiger partial charge < -0.3 is 5.11 Å². The van der Waals surface area contributed by atoms with Gasteiger partial charge >= 0.3 is 0 Å². The lowest BCUT2D eigenvalue weighted by atomic mass is 10.2. The Morgan fingerprint density at radius 3 is 2.76 bits per heavy atom. The van der Waals surface area contributed by atoms with Gasteiger partial charge in [0.2, 0.25) is 0 Å². The molecule has 0 amide bonds. The number of fused-ring (bicyclic) bond motifs is 1. The molecule has 0 atom stereocenters. The summed E-state index contributed by atoms with van der Waals surface area (Å²) >= 11 is 2.51. The number of aryl methyl sites for hydroxylation is 1. The van der Waals surface area contributed by atoms with E-state index in [0.717, 1.165) is 10.4 Å². The SMILES string of the molecule is Cc1csc(NS(=O)(=O)c2c(CO)sc3ccccc23)n1. The number of benzene rings is 1. The zero-order valence-electron chi connectivity index (χ0n) is 11.0. The third-order valence-corrected chi connectivity index (χ3v) is 6.63. The monoisotopic (exact) mass is 340 g/mol. The molecule has 0 aliphatic carbocycles. The van der Waals surface area contributed by atoms with Crippen LogP contribution in [0.3, 0.4) is 0 Å². The number of aromatic nitrogens is 1. The van der Waals surface area contributed by atoms with Crippen molar-refractivity contribution in [3.63, 3.8) is 0 Å². The van der Waals surface area contributed by atoms with Gasteiger partial charge in [0, 0.05) is 15.5 Å². The van der Waals surface area contributed by atoms with Crippen molar-refractivity contribution in [2.45, 2.75) is 18.4 Å². The summed E-state index contributed by atoms with van der Waals surface area (Å²) in [6.45, 7) is 1.49. The van der Waals surface area contributed by atoms with Gasteiger partial charge in [-0.1, -0.05) is 18.2 Å². The second-order valence-corrected chi connectivity index (χ2v) is 8.02. The number of anilines is 1. The summed E-state index contributed by atoms with van der Waals surface area (Å²) in [6, 6.07) is 7.20. The standard InChI is InChI=1S/C13H12N2O3S3/c1-8-7-19-13(14-8)15-21(17,18)12-9-4-2-3-5-10(9)20-11(12)6-16/h2-5,7,16H,6H2,1H3,(H,14,15). The number of rotatable bonds is 4. The van der Waals surface area contributed by atoms with Crippen molar-refractivity contribution >= 4 is 47.9 Å². The highest BCUT2D eigenvalue weighted by molar-refractivity contribution is 7.93. The van der Waals surface area contributed by atoms with Gasteiger partial charge in [-0.15, -0.1) is 22.7 Å². The number of aliphatic hydroxyl groups excluding tert-OH is 1. The van der Waals surface area contributed by atoms with Crippen LogP contribution in [0.15, 0.2) is 34.5 Å². The van der Waals surface area contributed by atoms with Crippen LogP contribution in [-0.4, -0.2) is 18.5 Å². The number of hydrogen-bond acceptors (Lipinski definition) is 6. The van der Waals surface area contributed by atoms with E-state index in [2.05, 4.69) is 9.71 Å². The molecule has 0 spiro atoms. The van der Waals surface area contributed by atoms with Crippen LogP contribution in [-0.2, 0) is 16.6 Å². The molecule has 5 nitrogen and oxygen atoms in total. The van der Waals surface area contributed by atoms with Gasteiger partial charge in [-0.05, 0) is 13.0 Å². The molecule has 3 rings (SSSR count). The first-order valence-corrected chi connectivity index (χ1v) is 9.25. The summed E-state index contributed by atoms with van der Waals surface area (Å²) in [5, 5.41) is 12.2. The number of aliphatic hydroxyl groups is 1. The highest BCUT2D eigenvalue weighted by Gasteiger charge is 2.25. The van der Waals surface area contributed by atoms with Gasteiger partial charge in [0.15, 0.2) is 5.13 Å². The molecule has 0 radical (unpaired) electrons. The molecule has 1 aromatic carbocycles. The number of thiazole rings is 1. The lowest BCUT2D eigenvalue weighted by molar-refractivity contribution is 0.283. The van der Waals surface area contributed by atoms with Crippen molar-refractivity contribution in [1.29, 1.82) is 0 Å². The summed E-state index contributed by atoms with van der Waals surface area (Å²) in [7, 11) is -3.78. The maximum absolute atomic E-state index is 12.6. The molecule has 0 unspecified atom stereocenters. The molecule has 2 heterocycles. The number of nitrogens with one attached hydrogen (secondary N) is 1. The average molecular weight is 340 g/mol. The Hall–Kier alpha value is -1.48. The molecular formula is C13H12N2O3S3. The van der Waals surface area contributed by atoms with Crippen molar-refractivity contribution in [2.24, 2.45) is 0 Å². The van der Waals surface area contributed by atoms with Crippen molar-refractivity contribution in [3.8, 4) is 0 Å². The summed E-state index contributed by atoms with van der Waals surface area (Å²) in [5.74, 6) is 0. The zero-order valence-corrected chi connectivity index (χ0v) is 13.5. The van der Waals surface area contributed by atoms with Gasteiger partial charge in [0.25, 0.3) is 10.0 Å². The summed E-state index contributed by atoms with van der Waals surface area (Å²) in [5.41, 5.74) is 0.759. The van der Waals surface area contributed by atoms with E-state index < -0.39 is 10.0 Å². The highest BCUT2D eigenvalue weighted by atomic mass is 32.2. The number of nitrogens with zero attached hydrogens (tertiary/aromatic N) is 1. The molecule has 3 aromatic rings. The Bertz CT molecular complexity index is 896. The van der Waals surface area contributed by atoms with E-state index in [-0.39, 0.29) is 11.5 Å². The molecule has 0 fully saturated rings. The van der Waals surface area contributed by atoms with Crippen LogP contribution in [0.25, 0.3) is 10.1 Å². The molecule has 2 aromatic heterocycles. The van der Waals surface area contributed by atoms with Gasteiger partial charge in [0.1, 0.15) is 4.90 Å². The molecule has 110 valence electrons. The Labute approximate surface area is 130 Å². The van der Waals surface area contributed by atoms with Crippen LogP contribution < -0.4 is 4.72 Å². The fraction of sp³-hybridized carbons (Fsp3) is 0.154. The van der Waals surface area contributed by atoms with Gasteiger partial charge in [-0.25, -0.2) is 13.4 Å². The molecule has 0 aliphatic heterocycles. The van der Waals surface area contributed by atoms with Crippen molar-refractivity contribution in [2.75, 3.05) is 4.72 Å². The van der Waals surface area contributed by atoms with Crippen molar-refractivity contribution in [3.05, 3.63) is 40.2 Å². The number of sulfonamides is 1. The van der Waals surface area contributed by atoms with Crippen LogP contribution in [0.5, 0.6) is 0 Å². The smallest absolute Gasteiger partial charge is 0.265 e. The molecule has 0 aliphatic rings. The van der Waals surface area contributed by atoms with E-state index >= 15 is 0 Å². The lowest BCUT2D eigenvalue weighted by Crippen LogP contribution is -2.14. The third kappa shape index (κ3) is 2.67. The van der Waals surface area contributed by atoms with Crippen LogP contribution in [0.1, 0.15) is 10.6 Å². The second kappa shape index (κ2) is 5.38. The first kappa shape index (κ1) is 14.5. The molecule has 21 heavy (non-hydrogen) atoms. The van der Waals surface area contributed by atoms with E-state index in [4.69, 9.17) is 0 Å². The van der Waals surface area contributed by atoms with E-state index in [0.29, 0.717) is 15.4 Å². The first-order chi connectivity index (χ1) is 10.0. The fourth-order valence-corrected chi connectivity index (χ4v) is 5.78. The normalized spacial score (nSPS) is 11.9. The summed E-state index contributed by atoms with van der Waals surface area (Å²) in [4.78, 5) is 4.68. The molecule has 2 N–H and O–H groups in total. The fourth-order valence-electron chi connectivity index (χ4n) is 2.04. The molecular weight excluding hydrogens is 328 g/mol. The number of hydrogen-bond donors (Lipinski definition) is 2. The Morgan fingerprint density at radius 2 is 2.10 bits per heavy atom. The van der Waals surface area contributed by atoms with E-state index in [1.807, 2.05) is 12.1 Å². The lowest BCUT2D eigenvalue weighted by Gasteiger charge is -2.06. The predicted molar refractivity (Wildman–Crippen MR) is 85.4 cm³/mol. The molecule has 0 saturated heterocycles. The summed E-state index contributed by atoms with van der Waals surface area (Å²) < 4.78 is 28.5. The summed E-state index contributed by atoms with van der Waals surface area (Å²) in [6.07, 6.45) is 0. The minimum atomic E-state index is -3.78. The largest absolute Gasteiger partial charge is 0.391 e. The minimum Gasteiger partial charge on any atom is -0.391 e. The van der Waals surface area contributed by atoms with Crippen molar-refractivity contribution in [1.82, 2.24) is 4.98 Å². The quantitative estimate of drug-likeness (QED) is 0.765. The van der Waals surface area contributed by atoms with Crippen LogP contribution in [0.2, 0.25) is 0 Å². The van der Waals surface area contributed by atoms with E-state index in [1.165, 1.54) is 22.7 Å². The topological polar surface area (TPSA) is 79.3 Å². The first-order valence-electron chi connectivity index (χ1n) is 6.07. The Balaban J connectivity index is 2.13. The second-order valence-electron chi connectivity index (χ2n) is 4.41. The number of thiophene rings is 1. The van der Waals surface area contributed by atoms with E-state index in [1.54, 1.807) is 24.4 Å². The molecule has 8 heteroatoms. The average Bonchev–Trinajstić information content (AvgIpc) is 3.01. The maximum Gasteiger partial charge on any atom is 0.265 e. The van der Waals surface area contributed by atoms with Gasteiger partial charge in [-0.3, -0.25) is 4.72 Å². The predicted octanol–water partition coefficient (Wildman–Crippen LogP) is 2.96. The third-order valence-electron chi connectivity index (χ3n) is 2.87. The van der Waals surface area contributed by atoms with Gasteiger partial charge in [-0.2, -0.15) is 0 Å². The maximum atomic E-state index is 12.6. The Morgan fingerprint density at radius 1 is 1.33 bits per heavy atom. The van der Waals surface area contributed by atoms with Crippen LogP contribution >= 0.6 is 22.7 Å². The van der Waals surface area contributed by atoms with Crippen LogP contribution in [0.4, 0.5) is 5.13 Å². The van der Waals surface area contributed by atoms with Gasteiger partial charge in [0.05, 0.1) is 17.2 Å². The molecule has 0 saturated carbocycles. The van der Waals surface area contributed by atoms with E-state index in [9.17, 15) is 13.5 Å². The zero-order chi connectivity index (χ0) is 15.0. The molecule has 0 bridgehead atoms. The highest BCUT2D eigenvalue weighted by Crippen LogP contribution is 2.35. The minimum absolute atomic E-state index is 0.137. The van der Waals surface area contributed by atoms with Crippen molar-refractivity contribution < 1.29 is 13.5 Å².